The Morgan fingerprint density at radius 1 is 1.12 bits per heavy atom. The third-order valence-corrected chi connectivity index (χ3v) is 3.40. The molecule has 0 saturated heterocycles. The number of hydrogen-bond acceptors (Lipinski definition) is 2. The number of hydroxylamine groups is 1. The second-order valence-electron chi connectivity index (χ2n) is 5.07. The van der Waals surface area contributed by atoms with Gasteiger partial charge in [-0.15, -0.1) is 0 Å². The van der Waals surface area contributed by atoms with Crippen molar-refractivity contribution in [1.29, 1.82) is 0 Å². The number of unbranched alkanes of at least 4 members (excludes halogenated alkanes) is 5. The molecule has 17 heavy (non-hydrogen) atoms. The van der Waals surface area contributed by atoms with Crippen LogP contribution in [0.5, 0.6) is 0 Å². The standard InChI is InChI=1S/C14H27NO2/c1-2-3-4-5-6-7-12-14(16)15-17-13-10-8-9-11-13/h13H,2-12H2,1H3,(H,15,16). The van der Waals surface area contributed by atoms with Crippen LogP contribution in [0.1, 0.15) is 77.6 Å². The minimum absolute atomic E-state index is 0.0485. The van der Waals surface area contributed by atoms with Gasteiger partial charge in [0.1, 0.15) is 0 Å². The second-order valence-corrected chi connectivity index (χ2v) is 5.07. The van der Waals surface area contributed by atoms with E-state index in [-0.39, 0.29) is 12.0 Å². The Hall–Kier alpha value is -0.570. The maximum atomic E-state index is 11.5. The first kappa shape index (κ1) is 14.5. The molecule has 100 valence electrons. The highest BCUT2D eigenvalue weighted by Crippen LogP contribution is 2.19. The lowest BCUT2D eigenvalue weighted by Crippen LogP contribution is -2.27. The van der Waals surface area contributed by atoms with Crippen molar-refractivity contribution < 1.29 is 9.63 Å². The predicted molar refractivity (Wildman–Crippen MR) is 69.5 cm³/mol. The van der Waals surface area contributed by atoms with Gasteiger partial charge in [-0.1, -0.05) is 51.9 Å². The minimum atomic E-state index is 0.0485. The number of hydrogen-bond donors (Lipinski definition) is 1. The largest absolute Gasteiger partial charge is 0.273 e. The molecule has 0 spiro atoms. The van der Waals surface area contributed by atoms with Gasteiger partial charge in [0.05, 0.1) is 6.10 Å². The Balaban J connectivity index is 1.87. The highest BCUT2D eigenvalue weighted by molar-refractivity contribution is 5.74. The van der Waals surface area contributed by atoms with Crippen molar-refractivity contribution in [3.05, 3.63) is 0 Å². The molecule has 1 aliphatic rings. The average Bonchev–Trinajstić information content (AvgIpc) is 2.84. The minimum Gasteiger partial charge on any atom is -0.273 e. The highest BCUT2D eigenvalue weighted by atomic mass is 16.7. The SMILES string of the molecule is CCCCCCCCC(=O)NOC1CCCC1. The van der Waals surface area contributed by atoms with Gasteiger partial charge in [-0.3, -0.25) is 9.63 Å². The van der Waals surface area contributed by atoms with E-state index in [4.69, 9.17) is 4.84 Å². The summed E-state index contributed by atoms with van der Waals surface area (Å²) in [7, 11) is 0. The molecule has 0 atom stereocenters. The molecule has 0 aromatic carbocycles. The summed E-state index contributed by atoms with van der Waals surface area (Å²) in [6, 6.07) is 0. The van der Waals surface area contributed by atoms with Crippen molar-refractivity contribution in [2.75, 3.05) is 0 Å². The smallest absolute Gasteiger partial charge is 0.243 e. The van der Waals surface area contributed by atoms with Crippen LogP contribution in [0.4, 0.5) is 0 Å². The first-order chi connectivity index (χ1) is 8.33. The fourth-order valence-electron chi connectivity index (χ4n) is 2.27. The molecule has 1 fully saturated rings. The van der Waals surface area contributed by atoms with E-state index in [2.05, 4.69) is 12.4 Å². The topological polar surface area (TPSA) is 38.3 Å². The molecular formula is C14H27NO2. The van der Waals surface area contributed by atoms with Gasteiger partial charge in [0.25, 0.3) is 0 Å². The summed E-state index contributed by atoms with van der Waals surface area (Å²) in [5.74, 6) is 0.0485. The zero-order chi connectivity index (χ0) is 12.3. The molecule has 1 amide bonds. The molecule has 0 bridgehead atoms. The second kappa shape index (κ2) is 9.46. The molecule has 1 rings (SSSR count). The highest BCUT2D eigenvalue weighted by Gasteiger charge is 2.16. The molecular weight excluding hydrogens is 214 g/mol. The molecule has 3 heteroatoms. The summed E-state index contributed by atoms with van der Waals surface area (Å²) >= 11 is 0. The fourth-order valence-corrected chi connectivity index (χ4v) is 2.27. The van der Waals surface area contributed by atoms with E-state index in [0.29, 0.717) is 6.42 Å². The van der Waals surface area contributed by atoms with Gasteiger partial charge >= 0.3 is 0 Å². The number of carbonyl (C=O) groups is 1. The molecule has 1 aliphatic carbocycles. The first-order valence-corrected chi connectivity index (χ1v) is 7.27. The molecule has 0 heterocycles. The molecule has 0 aromatic heterocycles. The van der Waals surface area contributed by atoms with Gasteiger partial charge in [0.15, 0.2) is 0 Å². The Bertz CT molecular complexity index is 200. The van der Waals surface area contributed by atoms with Gasteiger partial charge in [-0.05, 0) is 19.3 Å². The first-order valence-electron chi connectivity index (χ1n) is 7.27. The van der Waals surface area contributed by atoms with Crippen LogP contribution in [0.3, 0.4) is 0 Å². The van der Waals surface area contributed by atoms with Crippen LogP contribution in [0.15, 0.2) is 0 Å². The lowest BCUT2D eigenvalue weighted by Gasteiger charge is -2.11. The van der Waals surface area contributed by atoms with Crippen LogP contribution in [-0.2, 0) is 9.63 Å². The van der Waals surface area contributed by atoms with Gasteiger partial charge in [-0.25, -0.2) is 5.48 Å². The van der Waals surface area contributed by atoms with E-state index in [1.165, 1.54) is 38.5 Å². The fraction of sp³-hybridized carbons (Fsp3) is 0.929. The third kappa shape index (κ3) is 7.37. The summed E-state index contributed by atoms with van der Waals surface area (Å²) < 4.78 is 0. The van der Waals surface area contributed by atoms with Crippen molar-refractivity contribution >= 4 is 5.91 Å². The molecule has 0 aliphatic heterocycles. The molecule has 0 aromatic rings. The van der Waals surface area contributed by atoms with E-state index < -0.39 is 0 Å². The number of amides is 1. The van der Waals surface area contributed by atoms with Crippen molar-refractivity contribution in [3.63, 3.8) is 0 Å². The maximum absolute atomic E-state index is 11.5. The number of carbonyl (C=O) groups excluding carboxylic acids is 1. The summed E-state index contributed by atoms with van der Waals surface area (Å²) in [6.07, 6.45) is 12.8. The summed E-state index contributed by atoms with van der Waals surface area (Å²) in [4.78, 5) is 16.8. The van der Waals surface area contributed by atoms with E-state index in [1.807, 2.05) is 0 Å². The molecule has 1 N–H and O–H groups in total. The Morgan fingerprint density at radius 3 is 2.47 bits per heavy atom. The zero-order valence-corrected chi connectivity index (χ0v) is 11.2. The van der Waals surface area contributed by atoms with Gasteiger partial charge in [0, 0.05) is 6.42 Å². The Kier molecular flexibility index (Phi) is 8.06. The van der Waals surface area contributed by atoms with Gasteiger partial charge in [-0.2, -0.15) is 0 Å². The van der Waals surface area contributed by atoms with Crippen molar-refractivity contribution in [3.8, 4) is 0 Å². The van der Waals surface area contributed by atoms with Crippen LogP contribution in [0, 0.1) is 0 Å². The number of nitrogens with one attached hydrogen (secondary N) is 1. The Morgan fingerprint density at radius 2 is 1.76 bits per heavy atom. The van der Waals surface area contributed by atoms with Crippen molar-refractivity contribution in [2.45, 2.75) is 83.7 Å². The summed E-state index contributed by atoms with van der Waals surface area (Å²) in [5, 5.41) is 0. The lowest BCUT2D eigenvalue weighted by atomic mass is 10.1. The Labute approximate surface area is 105 Å². The van der Waals surface area contributed by atoms with Crippen LogP contribution in [0.2, 0.25) is 0 Å². The predicted octanol–water partition coefficient (Wildman–Crippen LogP) is 3.73. The molecule has 3 nitrogen and oxygen atoms in total. The molecule has 0 unspecified atom stereocenters. The lowest BCUT2D eigenvalue weighted by molar-refractivity contribution is -0.138. The van der Waals surface area contributed by atoms with Crippen molar-refractivity contribution in [1.82, 2.24) is 5.48 Å². The molecule has 0 radical (unpaired) electrons. The summed E-state index contributed by atoms with van der Waals surface area (Å²) in [5.41, 5.74) is 2.59. The van der Waals surface area contributed by atoms with Crippen molar-refractivity contribution in [2.24, 2.45) is 0 Å². The molecule has 1 saturated carbocycles. The maximum Gasteiger partial charge on any atom is 0.243 e. The van der Waals surface area contributed by atoms with Crippen LogP contribution < -0.4 is 5.48 Å². The quantitative estimate of drug-likeness (QED) is 0.493. The van der Waals surface area contributed by atoms with Crippen LogP contribution in [0.25, 0.3) is 0 Å². The zero-order valence-electron chi connectivity index (χ0n) is 11.2. The third-order valence-electron chi connectivity index (χ3n) is 3.40. The van der Waals surface area contributed by atoms with Crippen LogP contribution in [-0.4, -0.2) is 12.0 Å². The van der Waals surface area contributed by atoms with E-state index in [9.17, 15) is 4.79 Å². The van der Waals surface area contributed by atoms with Gasteiger partial charge < -0.3 is 0 Å². The van der Waals surface area contributed by atoms with E-state index in [0.717, 1.165) is 25.7 Å². The van der Waals surface area contributed by atoms with Gasteiger partial charge in [0.2, 0.25) is 5.91 Å². The monoisotopic (exact) mass is 241 g/mol. The summed E-state index contributed by atoms with van der Waals surface area (Å²) in [6.45, 7) is 2.22. The number of rotatable bonds is 9. The van der Waals surface area contributed by atoms with Crippen LogP contribution >= 0.6 is 0 Å². The van der Waals surface area contributed by atoms with E-state index in [1.54, 1.807) is 0 Å². The average molecular weight is 241 g/mol. The van der Waals surface area contributed by atoms with E-state index >= 15 is 0 Å². The normalized spacial score (nSPS) is 16.3.